The quantitative estimate of drug-likeness (QED) is 0.167. The fourth-order valence-corrected chi connectivity index (χ4v) is 16.3. The second-order valence-corrected chi connectivity index (χ2v) is 25.1. The fraction of sp³-hybridized carbons (Fsp3) is 0. The molecule has 0 saturated carbocycles. The van der Waals surface area contributed by atoms with Gasteiger partial charge in [-0.15, -0.1) is 0 Å². The van der Waals surface area contributed by atoms with Crippen LogP contribution in [-0.4, -0.2) is 39.0 Å². The van der Waals surface area contributed by atoms with Crippen molar-refractivity contribution in [2.75, 3.05) is 0 Å². The first-order valence-corrected chi connectivity index (χ1v) is 32.0. The average Bonchev–Trinajstić information content (AvgIpc) is 1.50. The summed E-state index contributed by atoms with van der Waals surface area (Å²) in [6.07, 6.45) is 0. The zero-order valence-electron chi connectivity index (χ0n) is 50.4. The molecule has 0 bridgehead atoms. The van der Waals surface area contributed by atoms with Crippen LogP contribution in [0.4, 0.5) is 0 Å². The van der Waals surface area contributed by atoms with Crippen molar-refractivity contribution < 1.29 is 9.59 Å². The first-order chi connectivity index (χ1) is 46.5. The molecule has 21 rings (SSSR count). The Morgan fingerprint density at radius 1 is 0.149 bits per heavy atom. The van der Waals surface area contributed by atoms with Crippen LogP contribution >= 0.6 is 0 Å². The molecular weight excluding hydrogens is 1150 g/mol. The van der Waals surface area contributed by atoms with Gasteiger partial charge in [0.15, 0.2) is 11.6 Å². The Hall–Kier alpha value is -12.8. The zero-order chi connectivity index (χ0) is 61.6. The van der Waals surface area contributed by atoms with Gasteiger partial charge >= 0.3 is 0 Å². The van der Waals surface area contributed by atoms with Crippen LogP contribution < -0.4 is 0 Å². The van der Waals surface area contributed by atoms with Crippen LogP contribution in [0.15, 0.2) is 303 Å². The lowest BCUT2D eigenvalue weighted by atomic mass is 9.83. The first kappa shape index (κ1) is 51.0. The van der Waals surface area contributed by atoms with Gasteiger partial charge in [0.1, 0.15) is 0 Å². The molecule has 8 heteroatoms. The van der Waals surface area contributed by atoms with E-state index in [1.54, 1.807) is 0 Å². The van der Waals surface area contributed by atoms with Gasteiger partial charge in [-0.1, -0.05) is 146 Å². The maximum absolute atomic E-state index is 15.4. The normalized spacial score (nSPS) is 12.7. The molecule has 0 amide bonds. The van der Waals surface area contributed by atoms with E-state index in [9.17, 15) is 0 Å². The highest BCUT2D eigenvalue weighted by molar-refractivity contribution is 6.29. The Morgan fingerprint density at radius 2 is 0.319 bits per heavy atom. The van der Waals surface area contributed by atoms with Crippen molar-refractivity contribution in [1.82, 2.24) is 27.4 Å². The summed E-state index contributed by atoms with van der Waals surface area (Å²) in [5, 5.41) is 13.8. The molecule has 0 N–H and O–H groups in total. The van der Waals surface area contributed by atoms with Crippen LogP contribution in [0.3, 0.4) is 0 Å². The highest BCUT2D eigenvalue weighted by Crippen LogP contribution is 2.44. The second-order valence-electron chi connectivity index (χ2n) is 25.1. The van der Waals surface area contributed by atoms with Gasteiger partial charge < -0.3 is 27.4 Å². The Labute approximate surface area is 536 Å². The summed E-state index contributed by atoms with van der Waals surface area (Å²) in [4.78, 5) is 30.8. The van der Waals surface area contributed by atoms with Gasteiger partial charge in [0, 0.05) is 121 Å². The molecule has 1 aliphatic rings. The number of hydrogen-bond acceptors (Lipinski definition) is 2. The van der Waals surface area contributed by atoms with Crippen molar-refractivity contribution in [2.45, 2.75) is 0 Å². The predicted octanol–water partition coefficient (Wildman–Crippen LogP) is 21.0. The maximum Gasteiger partial charge on any atom is 0.194 e. The lowest BCUT2D eigenvalue weighted by Gasteiger charge is -2.20. The van der Waals surface area contributed by atoms with Crippen LogP contribution in [0.2, 0.25) is 0 Å². The third kappa shape index (κ3) is 6.89. The summed E-state index contributed by atoms with van der Waals surface area (Å²) in [7, 11) is 0. The van der Waals surface area contributed by atoms with Gasteiger partial charge in [-0.05, 0) is 158 Å². The highest BCUT2D eigenvalue weighted by atomic mass is 16.1. The van der Waals surface area contributed by atoms with E-state index >= 15 is 9.59 Å². The van der Waals surface area contributed by atoms with E-state index in [1.807, 2.05) is 36.4 Å². The van der Waals surface area contributed by atoms with Crippen molar-refractivity contribution in [3.05, 3.63) is 326 Å². The molecule has 0 fully saturated rings. The molecule has 6 heterocycles. The lowest BCUT2D eigenvalue weighted by Crippen LogP contribution is -2.21. The van der Waals surface area contributed by atoms with Gasteiger partial charge in [0.25, 0.3) is 0 Å². The van der Waals surface area contributed by atoms with E-state index in [4.69, 9.17) is 0 Å². The van der Waals surface area contributed by atoms with Crippen LogP contribution in [0.5, 0.6) is 0 Å². The van der Waals surface area contributed by atoms with E-state index in [1.165, 1.54) is 43.1 Å². The number of nitrogens with zero attached hydrogens (tertiary/aromatic N) is 6. The van der Waals surface area contributed by atoms with E-state index in [2.05, 4.69) is 294 Å². The number of aromatic nitrogens is 6. The van der Waals surface area contributed by atoms with Gasteiger partial charge in [0.05, 0.1) is 66.2 Å². The molecule has 94 heavy (non-hydrogen) atoms. The van der Waals surface area contributed by atoms with Crippen LogP contribution in [0.25, 0.3) is 165 Å². The van der Waals surface area contributed by atoms with Crippen molar-refractivity contribution in [3.8, 4) is 34.1 Å². The van der Waals surface area contributed by atoms with Crippen molar-refractivity contribution in [1.29, 1.82) is 0 Å². The molecule has 0 aliphatic heterocycles. The SMILES string of the molecule is O=C1c2ccc(-n3c4ccc(-n5c6ccccc6c6ccccc65)cc4c4cc(-n5c6ccccc6c6ccccc65)ccc43)cc2C(=O)c2ccc(-n3c4ccc(-n5c6ccccc6c6ccccc65)cc4c4cc(-n5c6ccccc6c6ccccc65)ccc43)cc21. The van der Waals surface area contributed by atoms with E-state index < -0.39 is 0 Å². The largest absolute Gasteiger partial charge is 0.309 e. The Balaban J connectivity index is 0.725. The summed E-state index contributed by atoms with van der Waals surface area (Å²) >= 11 is 0. The Morgan fingerprint density at radius 3 is 0.532 bits per heavy atom. The van der Waals surface area contributed by atoms with Gasteiger partial charge in [-0.3, -0.25) is 9.59 Å². The molecule has 0 saturated heterocycles. The molecule has 0 atom stereocenters. The molecule has 436 valence electrons. The van der Waals surface area contributed by atoms with E-state index in [-0.39, 0.29) is 11.6 Å². The number of fused-ring (bicyclic) bond motifs is 20. The number of carbonyl (C=O) groups is 2. The number of benzene rings is 14. The van der Waals surface area contributed by atoms with E-state index in [0.717, 1.165) is 122 Å². The molecule has 14 aromatic carbocycles. The Bertz CT molecular complexity index is 5830. The maximum atomic E-state index is 15.4. The lowest BCUT2D eigenvalue weighted by molar-refractivity contribution is 0.0979. The number of rotatable bonds is 6. The predicted molar refractivity (Wildman–Crippen MR) is 386 cm³/mol. The number of hydrogen-bond donors (Lipinski definition) is 0. The second kappa shape index (κ2) is 18.9. The first-order valence-electron chi connectivity index (χ1n) is 32.0. The molecule has 0 spiro atoms. The highest BCUT2D eigenvalue weighted by Gasteiger charge is 2.32. The summed E-state index contributed by atoms with van der Waals surface area (Å²) in [5.41, 5.74) is 20.3. The summed E-state index contributed by atoms with van der Waals surface area (Å²) in [5.74, 6) is -0.371. The molecule has 6 aromatic heterocycles. The number of para-hydroxylation sites is 8. The summed E-state index contributed by atoms with van der Waals surface area (Å²) in [6, 6.07) is 107. The minimum Gasteiger partial charge on any atom is -0.309 e. The van der Waals surface area contributed by atoms with Crippen LogP contribution in [-0.2, 0) is 0 Å². The molecule has 0 unspecified atom stereocenters. The average molecular weight is 1200 g/mol. The Kier molecular flexibility index (Phi) is 10.3. The van der Waals surface area contributed by atoms with Gasteiger partial charge in [-0.2, -0.15) is 0 Å². The van der Waals surface area contributed by atoms with Gasteiger partial charge in [0.2, 0.25) is 0 Å². The number of ketones is 2. The van der Waals surface area contributed by atoms with E-state index in [0.29, 0.717) is 22.3 Å². The van der Waals surface area contributed by atoms with Gasteiger partial charge in [-0.25, -0.2) is 0 Å². The van der Waals surface area contributed by atoms with Crippen LogP contribution in [0.1, 0.15) is 31.8 Å². The number of carbonyl (C=O) groups excluding carboxylic acids is 2. The van der Waals surface area contributed by atoms with Crippen LogP contribution in [0, 0.1) is 0 Å². The standard InChI is InChI=1S/C86H50N6O2/c93-85-66-40-34-52(92-83-43-37-55(89-77-29-13-5-21-61(77)62-22-6-14-30-78(62)89)47-69(83)70-48-56(38-44-84(70)92)90-79-31-15-7-23-63(79)64-24-8-16-32-80(64)90)50-72(66)86(94)65-39-33-51(49-71(65)85)91-81-41-35-53(87-73-25-9-1-17-57(73)58-18-2-10-26-74(58)87)45-67(81)68-46-54(36-42-82(68)91)88-75-27-11-3-19-59(75)60-20-4-12-28-76(60)88/h1-50H. The molecule has 0 radical (unpaired) electrons. The summed E-state index contributed by atoms with van der Waals surface area (Å²) in [6.45, 7) is 0. The third-order valence-electron chi connectivity index (χ3n) is 20.3. The monoisotopic (exact) mass is 1200 g/mol. The molecule has 1 aliphatic carbocycles. The molecule has 20 aromatic rings. The van der Waals surface area contributed by atoms with Crippen molar-refractivity contribution in [2.24, 2.45) is 0 Å². The van der Waals surface area contributed by atoms with Crippen molar-refractivity contribution >= 4 is 142 Å². The van der Waals surface area contributed by atoms with Crippen molar-refractivity contribution in [3.63, 3.8) is 0 Å². The molecular formula is C86H50N6O2. The minimum absolute atomic E-state index is 0.185. The topological polar surface area (TPSA) is 63.7 Å². The fourth-order valence-electron chi connectivity index (χ4n) is 16.3. The molecule has 8 nitrogen and oxygen atoms in total. The minimum atomic E-state index is -0.185. The third-order valence-corrected chi connectivity index (χ3v) is 20.3. The summed E-state index contributed by atoms with van der Waals surface area (Å²) < 4.78 is 14.0. The smallest absolute Gasteiger partial charge is 0.194 e. The zero-order valence-corrected chi connectivity index (χ0v) is 50.4.